The fraction of sp³-hybridized carbons (Fsp3) is 0.500. The summed E-state index contributed by atoms with van der Waals surface area (Å²) in [5, 5.41) is 0. The highest BCUT2D eigenvalue weighted by Crippen LogP contribution is 2.43. The fourth-order valence-electron chi connectivity index (χ4n) is 8.31. The quantitative estimate of drug-likeness (QED) is 0.0918. The zero-order valence-electron chi connectivity index (χ0n) is 32.3. The maximum absolute atomic E-state index is 7.95. The molecule has 264 valence electrons. The van der Waals surface area contributed by atoms with Gasteiger partial charge in [0.05, 0.1) is 11.2 Å². The molecule has 1 nitrogen and oxygen atoms in total. The predicted molar refractivity (Wildman–Crippen MR) is 213 cm³/mol. The van der Waals surface area contributed by atoms with Gasteiger partial charge in [0, 0.05) is 0 Å². The molecule has 0 N–H and O–H groups in total. The van der Waals surface area contributed by atoms with Gasteiger partial charge in [0.15, 0.2) is 0 Å². The topological polar surface area (TPSA) is 9.23 Å². The van der Waals surface area contributed by atoms with Crippen LogP contribution < -0.4 is 0 Å². The van der Waals surface area contributed by atoms with Crippen LogP contribution in [0.2, 0.25) is 0 Å². The molecule has 4 aromatic rings. The molecule has 1 heteroatoms. The van der Waals surface area contributed by atoms with Crippen LogP contribution in [-0.2, 0) is 56.1 Å². The summed E-state index contributed by atoms with van der Waals surface area (Å²) in [7, 11) is 0. The Hall–Kier alpha value is -3.16. The Balaban J connectivity index is 1.81. The number of hydrogen-bond acceptors (Lipinski definition) is 1. The lowest BCUT2D eigenvalue weighted by atomic mass is 9.73. The smallest absolute Gasteiger partial charge is 0.0696 e. The maximum Gasteiger partial charge on any atom is 0.0696 e. The Morgan fingerprint density at radius 3 is 0.980 bits per heavy atom. The van der Waals surface area contributed by atoms with Crippen molar-refractivity contribution in [1.82, 2.24) is 0 Å². The molecule has 4 atom stereocenters. The van der Waals surface area contributed by atoms with Gasteiger partial charge in [0.2, 0.25) is 0 Å². The van der Waals surface area contributed by atoms with Gasteiger partial charge in [-0.05, 0) is 134 Å². The van der Waals surface area contributed by atoms with E-state index in [2.05, 4.69) is 152 Å². The van der Waals surface area contributed by atoms with Crippen molar-refractivity contribution in [3.63, 3.8) is 0 Å². The van der Waals surface area contributed by atoms with Crippen LogP contribution in [0.3, 0.4) is 0 Å². The van der Waals surface area contributed by atoms with Crippen LogP contribution in [0.15, 0.2) is 97.1 Å². The summed E-state index contributed by atoms with van der Waals surface area (Å²) in [6, 6.07) is 37.0. The highest BCUT2D eigenvalue weighted by molar-refractivity contribution is 5.33. The van der Waals surface area contributed by atoms with Gasteiger partial charge < -0.3 is 4.74 Å². The second-order valence-electron chi connectivity index (χ2n) is 15.1. The fourth-order valence-corrected chi connectivity index (χ4v) is 8.31. The van der Waals surface area contributed by atoms with Crippen LogP contribution in [0.25, 0.3) is 0 Å². The molecule has 0 aliphatic carbocycles. The Bertz CT molecular complexity index is 1380. The Labute approximate surface area is 300 Å². The first-order chi connectivity index (χ1) is 23.7. The van der Waals surface area contributed by atoms with E-state index in [1.807, 2.05) is 0 Å². The molecule has 0 bridgehead atoms. The summed E-state index contributed by atoms with van der Waals surface area (Å²) in [5.74, 6) is 0.686. The zero-order valence-corrected chi connectivity index (χ0v) is 32.3. The monoisotopic (exact) mass is 659 g/mol. The van der Waals surface area contributed by atoms with Gasteiger partial charge in [-0.1, -0.05) is 151 Å². The summed E-state index contributed by atoms with van der Waals surface area (Å²) in [4.78, 5) is 0. The standard InChI is InChI=1S/C48H66O/c1-9-25-47(7,45(33-41-21-17-15-18-22-41)35-43-29-37(11-3)27-38(12-4)30-43)49-48(8,26-10-2)46(34-42-23-19-16-20-24-42)36-44-31-39(13-5)28-40(14-6)32-44/h15-24,27-32,45-46H,9-14,25-26,33-36H2,1-8H3. The van der Waals surface area contributed by atoms with E-state index in [0.29, 0.717) is 11.8 Å². The maximum atomic E-state index is 7.95. The van der Waals surface area contributed by atoms with Crippen LogP contribution in [0.1, 0.15) is 126 Å². The van der Waals surface area contributed by atoms with Gasteiger partial charge in [0.25, 0.3) is 0 Å². The average molecular weight is 659 g/mol. The lowest BCUT2D eigenvalue weighted by Crippen LogP contribution is -2.51. The lowest BCUT2D eigenvalue weighted by molar-refractivity contribution is -0.196. The molecule has 0 spiro atoms. The molecule has 0 radical (unpaired) electrons. The molecule has 0 heterocycles. The number of aryl methyl sites for hydroxylation is 4. The molecule has 0 aromatic heterocycles. The summed E-state index contributed by atoms with van der Waals surface area (Å²) in [6.45, 7) is 18.8. The van der Waals surface area contributed by atoms with E-state index in [-0.39, 0.29) is 11.2 Å². The summed E-state index contributed by atoms with van der Waals surface area (Å²) >= 11 is 0. The third-order valence-electron chi connectivity index (χ3n) is 11.2. The largest absolute Gasteiger partial charge is 0.369 e. The van der Waals surface area contributed by atoms with Crippen molar-refractivity contribution in [3.8, 4) is 0 Å². The second kappa shape index (κ2) is 18.7. The number of benzene rings is 4. The van der Waals surface area contributed by atoms with E-state index >= 15 is 0 Å². The minimum Gasteiger partial charge on any atom is -0.369 e. The van der Waals surface area contributed by atoms with Gasteiger partial charge >= 0.3 is 0 Å². The van der Waals surface area contributed by atoms with Gasteiger partial charge in [-0.15, -0.1) is 0 Å². The Morgan fingerprint density at radius 2 is 0.694 bits per heavy atom. The first kappa shape index (κ1) is 38.6. The molecule has 0 amide bonds. The van der Waals surface area contributed by atoms with E-state index in [9.17, 15) is 0 Å². The van der Waals surface area contributed by atoms with Crippen molar-refractivity contribution in [3.05, 3.63) is 142 Å². The molecule has 0 saturated heterocycles. The molecule has 0 fully saturated rings. The number of rotatable bonds is 20. The molecule has 4 rings (SSSR count). The van der Waals surface area contributed by atoms with Gasteiger partial charge in [-0.2, -0.15) is 0 Å². The normalized spacial score (nSPS) is 15.3. The SMILES string of the molecule is CCCC(C)(OC(C)(CCC)C(Cc1ccccc1)Cc1cc(CC)cc(CC)c1)C(Cc1ccccc1)Cc1cc(CC)cc(CC)c1. The Morgan fingerprint density at radius 1 is 0.408 bits per heavy atom. The van der Waals surface area contributed by atoms with E-state index in [0.717, 1.165) is 77.0 Å². The minimum atomic E-state index is -0.294. The summed E-state index contributed by atoms with van der Waals surface area (Å²) in [6.07, 6.45) is 12.6. The third kappa shape index (κ3) is 10.9. The summed E-state index contributed by atoms with van der Waals surface area (Å²) in [5.41, 5.74) is 10.9. The zero-order chi connectivity index (χ0) is 35.3. The third-order valence-corrected chi connectivity index (χ3v) is 11.2. The van der Waals surface area contributed by atoms with Crippen molar-refractivity contribution >= 4 is 0 Å². The Kier molecular flexibility index (Phi) is 14.8. The molecule has 49 heavy (non-hydrogen) atoms. The van der Waals surface area contributed by atoms with Gasteiger partial charge in [-0.25, -0.2) is 0 Å². The van der Waals surface area contributed by atoms with E-state index in [1.54, 1.807) is 0 Å². The highest BCUT2D eigenvalue weighted by Gasteiger charge is 2.44. The minimum absolute atomic E-state index is 0.294. The number of hydrogen-bond donors (Lipinski definition) is 0. The molecular weight excluding hydrogens is 593 g/mol. The number of ether oxygens (including phenoxy) is 1. The molecular formula is C48H66O. The van der Waals surface area contributed by atoms with Gasteiger partial charge in [-0.3, -0.25) is 0 Å². The van der Waals surface area contributed by atoms with E-state index in [1.165, 1.54) is 44.5 Å². The average Bonchev–Trinajstić information content (AvgIpc) is 3.11. The lowest BCUT2D eigenvalue weighted by Gasteiger charge is -2.49. The van der Waals surface area contributed by atoms with Crippen molar-refractivity contribution in [1.29, 1.82) is 0 Å². The van der Waals surface area contributed by atoms with E-state index in [4.69, 9.17) is 4.74 Å². The van der Waals surface area contributed by atoms with Gasteiger partial charge in [0.1, 0.15) is 0 Å². The van der Waals surface area contributed by atoms with Crippen molar-refractivity contribution in [2.45, 2.75) is 144 Å². The van der Waals surface area contributed by atoms with Crippen LogP contribution in [0.4, 0.5) is 0 Å². The second-order valence-corrected chi connectivity index (χ2v) is 15.1. The van der Waals surface area contributed by atoms with Crippen LogP contribution in [-0.4, -0.2) is 11.2 Å². The first-order valence-corrected chi connectivity index (χ1v) is 19.7. The summed E-state index contributed by atoms with van der Waals surface area (Å²) < 4.78 is 7.95. The van der Waals surface area contributed by atoms with Crippen LogP contribution >= 0.6 is 0 Å². The molecule has 0 saturated carbocycles. The van der Waals surface area contributed by atoms with Crippen molar-refractivity contribution in [2.75, 3.05) is 0 Å². The first-order valence-electron chi connectivity index (χ1n) is 19.7. The molecule has 0 aliphatic rings. The molecule has 4 unspecified atom stereocenters. The molecule has 0 aliphatic heterocycles. The van der Waals surface area contributed by atoms with Crippen molar-refractivity contribution < 1.29 is 4.74 Å². The van der Waals surface area contributed by atoms with Crippen molar-refractivity contribution in [2.24, 2.45) is 11.8 Å². The highest BCUT2D eigenvalue weighted by atomic mass is 16.5. The van der Waals surface area contributed by atoms with Crippen LogP contribution in [0.5, 0.6) is 0 Å². The van der Waals surface area contributed by atoms with E-state index < -0.39 is 0 Å². The predicted octanol–water partition coefficient (Wildman–Crippen LogP) is 12.6. The van der Waals surface area contributed by atoms with Crippen LogP contribution in [0, 0.1) is 11.8 Å². The molecule has 4 aromatic carbocycles.